The number of anilines is 1. The molecule has 0 saturated carbocycles. The van der Waals surface area contributed by atoms with Gasteiger partial charge in [0.05, 0.1) is 0 Å². The van der Waals surface area contributed by atoms with Crippen LogP contribution >= 0.6 is 0 Å². The van der Waals surface area contributed by atoms with Gasteiger partial charge in [-0.15, -0.1) is 0 Å². The van der Waals surface area contributed by atoms with Crippen LogP contribution in [0.25, 0.3) is 0 Å². The van der Waals surface area contributed by atoms with Gasteiger partial charge in [0.1, 0.15) is 5.75 Å². The van der Waals surface area contributed by atoms with Gasteiger partial charge in [0.25, 0.3) is 0 Å². The van der Waals surface area contributed by atoms with Crippen LogP contribution in [0.15, 0.2) is 36.4 Å². The monoisotopic (exact) mass is 312 g/mol. The minimum Gasteiger partial charge on any atom is -0.473 e. The predicted molar refractivity (Wildman–Crippen MR) is 94.1 cm³/mol. The SMILES string of the molecule is CCc1ccccc1NC(=O)NCOc1c(C)ccc(C)c1C. The number of para-hydroxylation sites is 1. The molecule has 2 rings (SSSR count). The fourth-order valence-electron chi connectivity index (χ4n) is 2.44. The molecule has 0 bridgehead atoms. The fraction of sp³-hybridized carbons (Fsp3) is 0.316. The van der Waals surface area contributed by atoms with Crippen LogP contribution in [0, 0.1) is 20.8 Å². The molecule has 0 spiro atoms. The number of nitrogens with one attached hydrogen (secondary N) is 2. The molecule has 2 N–H and O–H groups in total. The number of hydrogen-bond donors (Lipinski definition) is 2. The average molecular weight is 312 g/mol. The molecular formula is C19H24N2O2. The Morgan fingerprint density at radius 2 is 1.74 bits per heavy atom. The third-order valence-electron chi connectivity index (χ3n) is 3.97. The Kier molecular flexibility index (Phi) is 5.63. The van der Waals surface area contributed by atoms with Crippen LogP contribution in [0.1, 0.15) is 29.2 Å². The molecule has 0 fully saturated rings. The maximum absolute atomic E-state index is 12.0. The van der Waals surface area contributed by atoms with Crippen molar-refractivity contribution in [1.29, 1.82) is 0 Å². The number of benzene rings is 2. The summed E-state index contributed by atoms with van der Waals surface area (Å²) in [4.78, 5) is 12.0. The van der Waals surface area contributed by atoms with Gasteiger partial charge in [0.15, 0.2) is 6.73 Å². The van der Waals surface area contributed by atoms with Gasteiger partial charge >= 0.3 is 6.03 Å². The summed E-state index contributed by atoms with van der Waals surface area (Å²) in [5, 5.41) is 5.59. The highest BCUT2D eigenvalue weighted by molar-refractivity contribution is 5.90. The minimum absolute atomic E-state index is 0.130. The second kappa shape index (κ2) is 7.68. The van der Waals surface area contributed by atoms with Crippen molar-refractivity contribution >= 4 is 11.7 Å². The molecule has 0 aliphatic heterocycles. The zero-order valence-electron chi connectivity index (χ0n) is 14.2. The molecule has 0 saturated heterocycles. The van der Waals surface area contributed by atoms with E-state index >= 15 is 0 Å². The Morgan fingerprint density at radius 1 is 1.04 bits per heavy atom. The second-order valence-electron chi connectivity index (χ2n) is 5.58. The van der Waals surface area contributed by atoms with Crippen molar-refractivity contribution in [2.24, 2.45) is 0 Å². The first-order valence-corrected chi connectivity index (χ1v) is 7.85. The average Bonchev–Trinajstić information content (AvgIpc) is 2.55. The minimum atomic E-state index is -0.270. The number of hydrogen-bond acceptors (Lipinski definition) is 2. The highest BCUT2D eigenvalue weighted by Crippen LogP contribution is 2.25. The highest BCUT2D eigenvalue weighted by Gasteiger charge is 2.08. The highest BCUT2D eigenvalue weighted by atomic mass is 16.5. The first-order chi connectivity index (χ1) is 11.0. The van der Waals surface area contributed by atoms with Crippen LogP contribution < -0.4 is 15.4 Å². The van der Waals surface area contributed by atoms with Crippen molar-refractivity contribution in [3.05, 3.63) is 58.7 Å². The number of carbonyl (C=O) groups is 1. The maximum atomic E-state index is 12.0. The molecule has 0 aromatic heterocycles. The van der Waals surface area contributed by atoms with Crippen molar-refractivity contribution in [1.82, 2.24) is 5.32 Å². The Hall–Kier alpha value is -2.49. The molecule has 4 nitrogen and oxygen atoms in total. The number of aryl methyl sites for hydroxylation is 3. The summed E-state index contributed by atoms with van der Waals surface area (Å²) in [6.45, 7) is 8.26. The molecule has 2 aromatic carbocycles. The molecule has 2 aromatic rings. The molecular weight excluding hydrogens is 288 g/mol. The number of carbonyl (C=O) groups excluding carboxylic acids is 1. The summed E-state index contributed by atoms with van der Waals surface area (Å²) in [6.07, 6.45) is 0.870. The lowest BCUT2D eigenvalue weighted by Crippen LogP contribution is -2.32. The molecule has 0 radical (unpaired) electrons. The molecule has 4 heteroatoms. The Labute approximate surface area is 137 Å². The molecule has 122 valence electrons. The fourth-order valence-corrected chi connectivity index (χ4v) is 2.44. The van der Waals surface area contributed by atoms with E-state index in [2.05, 4.69) is 23.6 Å². The van der Waals surface area contributed by atoms with Gasteiger partial charge in [-0.2, -0.15) is 0 Å². The van der Waals surface area contributed by atoms with Gasteiger partial charge < -0.3 is 15.4 Å². The second-order valence-corrected chi connectivity index (χ2v) is 5.58. The largest absolute Gasteiger partial charge is 0.473 e. The maximum Gasteiger partial charge on any atom is 0.321 e. The van der Waals surface area contributed by atoms with E-state index in [1.807, 2.05) is 51.1 Å². The lowest BCUT2D eigenvalue weighted by Gasteiger charge is -2.15. The van der Waals surface area contributed by atoms with Crippen LogP contribution in [0.2, 0.25) is 0 Å². The number of rotatable bonds is 5. The topological polar surface area (TPSA) is 50.4 Å². The van der Waals surface area contributed by atoms with Gasteiger partial charge in [-0.1, -0.05) is 37.3 Å². The predicted octanol–water partition coefficient (Wildman–Crippen LogP) is 4.33. The van der Waals surface area contributed by atoms with E-state index in [0.29, 0.717) is 0 Å². The van der Waals surface area contributed by atoms with Crippen molar-refractivity contribution in [2.75, 3.05) is 12.0 Å². The van der Waals surface area contributed by atoms with Crippen LogP contribution in [-0.4, -0.2) is 12.8 Å². The molecule has 0 aliphatic carbocycles. The Balaban J connectivity index is 1.92. The number of amides is 2. The summed E-state index contributed by atoms with van der Waals surface area (Å²) in [5.41, 5.74) is 5.27. The lowest BCUT2D eigenvalue weighted by atomic mass is 10.1. The van der Waals surface area contributed by atoms with E-state index < -0.39 is 0 Å². The van der Waals surface area contributed by atoms with Gasteiger partial charge in [-0.3, -0.25) is 0 Å². The number of ether oxygens (including phenoxy) is 1. The quantitative estimate of drug-likeness (QED) is 0.807. The summed E-state index contributed by atoms with van der Waals surface area (Å²) >= 11 is 0. The third kappa shape index (κ3) is 4.25. The standard InChI is InChI=1S/C19H24N2O2/c1-5-16-8-6-7-9-17(16)21-19(22)20-12-23-18-14(3)11-10-13(2)15(18)4/h6-11H,5,12H2,1-4H3,(H2,20,21,22). The zero-order valence-corrected chi connectivity index (χ0v) is 14.2. The summed E-state index contributed by atoms with van der Waals surface area (Å²) in [6, 6.07) is 11.6. The van der Waals surface area contributed by atoms with Crippen LogP contribution in [0.4, 0.5) is 10.5 Å². The summed E-state index contributed by atoms with van der Waals surface area (Å²) < 4.78 is 5.74. The van der Waals surface area contributed by atoms with Crippen molar-refractivity contribution in [2.45, 2.75) is 34.1 Å². The van der Waals surface area contributed by atoms with Gasteiger partial charge in [-0.25, -0.2) is 4.79 Å². The van der Waals surface area contributed by atoms with Crippen molar-refractivity contribution in [3.63, 3.8) is 0 Å². The van der Waals surface area contributed by atoms with E-state index in [-0.39, 0.29) is 12.8 Å². The normalized spacial score (nSPS) is 10.3. The zero-order chi connectivity index (χ0) is 16.8. The van der Waals surface area contributed by atoms with Gasteiger partial charge in [-0.05, 0) is 55.5 Å². The summed E-state index contributed by atoms with van der Waals surface area (Å²) in [7, 11) is 0. The first-order valence-electron chi connectivity index (χ1n) is 7.85. The molecule has 23 heavy (non-hydrogen) atoms. The van der Waals surface area contributed by atoms with Crippen molar-refractivity contribution < 1.29 is 9.53 Å². The molecule has 0 unspecified atom stereocenters. The van der Waals surface area contributed by atoms with Crippen molar-refractivity contribution in [3.8, 4) is 5.75 Å². The third-order valence-corrected chi connectivity index (χ3v) is 3.97. The van der Waals surface area contributed by atoms with E-state index in [0.717, 1.165) is 34.5 Å². The number of urea groups is 1. The molecule has 0 heterocycles. The van der Waals surface area contributed by atoms with E-state index in [1.54, 1.807) is 0 Å². The molecule has 0 aliphatic rings. The van der Waals surface area contributed by atoms with Gasteiger partial charge in [0.2, 0.25) is 0 Å². The summed E-state index contributed by atoms with van der Waals surface area (Å²) in [5.74, 6) is 0.833. The van der Waals surface area contributed by atoms with Crippen LogP contribution in [-0.2, 0) is 6.42 Å². The Morgan fingerprint density at radius 3 is 2.48 bits per heavy atom. The van der Waals surface area contributed by atoms with E-state index in [4.69, 9.17) is 4.74 Å². The lowest BCUT2D eigenvalue weighted by molar-refractivity contribution is 0.234. The van der Waals surface area contributed by atoms with Gasteiger partial charge in [0, 0.05) is 5.69 Å². The van der Waals surface area contributed by atoms with E-state index in [9.17, 15) is 4.79 Å². The van der Waals surface area contributed by atoms with Crippen LogP contribution in [0.5, 0.6) is 5.75 Å². The first kappa shape index (κ1) is 16.9. The smallest absolute Gasteiger partial charge is 0.321 e. The molecule has 2 amide bonds. The van der Waals surface area contributed by atoms with Crippen LogP contribution in [0.3, 0.4) is 0 Å². The van der Waals surface area contributed by atoms with E-state index in [1.165, 1.54) is 5.56 Å². The Bertz CT molecular complexity index is 696. The molecule has 0 atom stereocenters.